The average Bonchev–Trinajstić information content (AvgIpc) is 3.11. The number of urea groups is 1. The highest BCUT2D eigenvalue weighted by molar-refractivity contribution is 9.10. The van der Waals surface area contributed by atoms with E-state index in [1.54, 1.807) is 36.4 Å². The zero-order valence-electron chi connectivity index (χ0n) is 19.1. The summed E-state index contributed by atoms with van der Waals surface area (Å²) in [5.74, 6) is -0.261. The van der Waals surface area contributed by atoms with Crippen LogP contribution in [0.25, 0.3) is 6.08 Å². The summed E-state index contributed by atoms with van der Waals surface area (Å²) in [6.07, 6.45) is 1.48. The van der Waals surface area contributed by atoms with E-state index in [9.17, 15) is 14.4 Å². The van der Waals surface area contributed by atoms with Crippen LogP contribution in [-0.2, 0) is 16.2 Å². The highest BCUT2D eigenvalue weighted by Crippen LogP contribution is 2.36. The van der Waals surface area contributed by atoms with Gasteiger partial charge in [-0.25, -0.2) is 9.69 Å². The van der Waals surface area contributed by atoms with Crippen molar-refractivity contribution in [2.75, 3.05) is 19.0 Å². The number of halogens is 2. The minimum atomic E-state index is -0.700. The van der Waals surface area contributed by atoms with Crippen molar-refractivity contribution in [3.05, 3.63) is 93.0 Å². The standard InChI is InChI=1S/C26H21BrClN3O5/c1-35-22-10-6-5-9-20(22)29-23(32)14-31-25(33)21(30-26(31)34)13-17-11-18(27)24(19(28)12-17)36-15-16-7-3-2-4-8-16/h2-13H,14-15H2,1H3,(H,29,32)(H,30,34)/b21-13+. The molecule has 2 N–H and O–H groups in total. The smallest absolute Gasteiger partial charge is 0.329 e. The third kappa shape index (κ3) is 5.87. The minimum absolute atomic E-state index is 0.0195. The third-order valence-electron chi connectivity index (χ3n) is 5.20. The summed E-state index contributed by atoms with van der Waals surface area (Å²) >= 11 is 9.87. The molecular formula is C26H21BrClN3O5. The molecule has 0 bridgehead atoms. The monoisotopic (exact) mass is 569 g/mol. The lowest BCUT2D eigenvalue weighted by Gasteiger charge is -2.13. The summed E-state index contributed by atoms with van der Waals surface area (Å²) < 4.78 is 11.6. The first-order valence-corrected chi connectivity index (χ1v) is 12.0. The molecule has 8 nitrogen and oxygen atoms in total. The number of carbonyl (C=O) groups is 3. The SMILES string of the molecule is COc1ccccc1NC(=O)CN1C(=O)N/C(=C/c2cc(Cl)c(OCc3ccccc3)c(Br)c2)C1=O. The third-order valence-corrected chi connectivity index (χ3v) is 6.07. The van der Waals surface area contributed by atoms with Crippen molar-refractivity contribution < 1.29 is 23.9 Å². The number of carbonyl (C=O) groups excluding carboxylic acids is 3. The Bertz CT molecular complexity index is 1320. The number of ether oxygens (including phenoxy) is 2. The average molecular weight is 571 g/mol. The quantitative estimate of drug-likeness (QED) is 0.286. The lowest BCUT2D eigenvalue weighted by atomic mass is 10.1. The summed E-state index contributed by atoms with van der Waals surface area (Å²) in [6, 6.07) is 19.1. The molecule has 0 aliphatic carbocycles. The second-order valence-corrected chi connectivity index (χ2v) is 8.98. The van der Waals surface area contributed by atoms with E-state index < -0.39 is 24.4 Å². The van der Waals surface area contributed by atoms with Gasteiger partial charge in [0.15, 0.2) is 5.75 Å². The van der Waals surface area contributed by atoms with Crippen molar-refractivity contribution in [3.8, 4) is 11.5 Å². The molecule has 10 heteroatoms. The molecule has 0 atom stereocenters. The van der Waals surface area contributed by atoms with Crippen LogP contribution >= 0.6 is 27.5 Å². The van der Waals surface area contributed by atoms with Gasteiger partial charge < -0.3 is 20.1 Å². The number of hydrogen-bond donors (Lipinski definition) is 2. The molecule has 184 valence electrons. The van der Waals surface area contributed by atoms with Crippen LogP contribution in [0.15, 0.2) is 76.9 Å². The Labute approximate surface area is 221 Å². The van der Waals surface area contributed by atoms with Crippen LogP contribution in [0.3, 0.4) is 0 Å². The van der Waals surface area contributed by atoms with Crippen LogP contribution in [0.1, 0.15) is 11.1 Å². The van der Waals surface area contributed by atoms with Crippen LogP contribution in [0.5, 0.6) is 11.5 Å². The number of rotatable bonds is 8. The minimum Gasteiger partial charge on any atom is -0.495 e. The first kappa shape index (κ1) is 25.3. The molecule has 0 aromatic heterocycles. The van der Waals surface area contributed by atoms with Crippen molar-refractivity contribution >= 4 is 57.1 Å². The van der Waals surface area contributed by atoms with E-state index in [4.69, 9.17) is 21.1 Å². The van der Waals surface area contributed by atoms with E-state index >= 15 is 0 Å². The maximum Gasteiger partial charge on any atom is 0.329 e. The van der Waals surface area contributed by atoms with E-state index in [1.165, 1.54) is 13.2 Å². The lowest BCUT2D eigenvalue weighted by molar-refractivity contribution is -0.127. The highest BCUT2D eigenvalue weighted by atomic mass is 79.9. The normalized spacial score (nSPS) is 14.1. The van der Waals surface area contributed by atoms with E-state index in [0.29, 0.717) is 38.9 Å². The molecule has 0 saturated carbocycles. The Morgan fingerprint density at radius 2 is 1.83 bits per heavy atom. The molecule has 3 aromatic carbocycles. The summed E-state index contributed by atoms with van der Waals surface area (Å²) in [4.78, 5) is 38.5. The predicted octanol–water partition coefficient (Wildman–Crippen LogP) is 5.22. The van der Waals surface area contributed by atoms with Crippen LogP contribution in [0.4, 0.5) is 10.5 Å². The maximum absolute atomic E-state index is 12.8. The Kier molecular flexibility index (Phi) is 7.92. The van der Waals surface area contributed by atoms with Crippen LogP contribution in [0, 0.1) is 0 Å². The molecule has 1 fully saturated rings. The Morgan fingerprint density at radius 3 is 2.56 bits per heavy atom. The number of imide groups is 1. The molecule has 0 unspecified atom stereocenters. The second kappa shape index (κ2) is 11.3. The first-order valence-electron chi connectivity index (χ1n) is 10.8. The molecule has 3 aromatic rings. The van der Waals surface area contributed by atoms with E-state index in [1.807, 2.05) is 30.3 Å². The highest BCUT2D eigenvalue weighted by Gasteiger charge is 2.35. The van der Waals surface area contributed by atoms with Gasteiger partial charge in [-0.3, -0.25) is 9.59 Å². The van der Waals surface area contributed by atoms with Crippen molar-refractivity contribution in [3.63, 3.8) is 0 Å². The number of nitrogens with zero attached hydrogens (tertiary/aromatic N) is 1. The van der Waals surface area contributed by atoms with Gasteiger partial charge in [-0.15, -0.1) is 0 Å². The van der Waals surface area contributed by atoms with Crippen molar-refractivity contribution in [1.29, 1.82) is 0 Å². The fourth-order valence-electron chi connectivity index (χ4n) is 3.49. The van der Waals surface area contributed by atoms with Crippen LogP contribution in [0.2, 0.25) is 5.02 Å². The fourth-order valence-corrected chi connectivity index (χ4v) is 4.48. The zero-order chi connectivity index (χ0) is 25.7. The first-order chi connectivity index (χ1) is 17.4. The topological polar surface area (TPSA) is 97.0 Å². The molecule has 1 aliphatic heterocycles. The van der Waals surface area contributed by atoms with Gasteiger partial charge in [0.1, 0.15) is 24.6 Å². The van der Waals surface area contributed by atoms with E-state index in [2.05, 4.69) is 26.6 Å². The van der Waals surface area contributed by atoms with Gasteiger partial charge in [0.05, 0.1) is 22.3 Å². The lowest BCUT2D eigenvalue weighted by Crippen LogP contribution is -2.38. The number of benzene rings is 3. The Hall–Kier alpha value is -3.82. The molecular weight excluding hydrogens is 550 g/mol. The molecule has 36 heavy (non-hydrogen) atoms. The molecule has 0 radical (unpaired) electrons. The number of methoxy groups -OCH3 is 1. The van der Waals surface area contributed by atoms with Crippen LogP contribution in [-0.4, -0.2) is 36.4 Å². The molecule has 4 amide bonds. The second-order valence-electron chi connectivity index (χ2n) is 7.72. The summed E-state index contributed by atoms with van der Waals surface area (Å²) in [5.41, 5.74) is 2.00. The number of hydrogen-bond acceptors (Lipinski definition) is 5. The van der Waals surface area contributed by atoms with E-state index in [-0.39, 0.29) is 5.70 Å². The Balaban J connectivity index is 1.44. The summed E-state index contributed by atoms with van der Waals surface area (Å²) in [5, 5.41) is 5.47. The Morgan fingerprint density at radius 1 is 1.11 bits per heavy atom. The van der Waals surface area contributed by atoms with Gasteiger partial charge in [0, 0.05) is 0 Å². The summed E-state index contributed by atoms with van der Waals surface area (Å²) in [6.45, 7) is -0.128. The fraction of sp³-hybridized carbons (Fsp3) is 0.115. The van der Waals surface area contributed by atoms with E-state index in [0.717, 1.165) is 10.5 Å². The van der Waals surface area contributed by atoms with Gasteiger partial charge in [-0.05, 0) is 57.4 Å². The largest absolute Gasteiger partial charge is 0.495 e. The number of anilines is 1. The number of nitrogens with one attached hydrogen (secondary N) is 2. The van der Waals surface area contributed by atoms with Crippen LogP contribution < -0.4 is 20.1 Å². The maximum atomic E-state index is 12.8. The van der Waals surface area contributed by atoms with Gasteiger partial charge >= 0.3 is 6.03 Å². The van der Waals surface area contributed by atoms with Crippen molar-refractivity contribution in [2.45, 2.75) is 6.61 Å². The molecule has 4 rings (SSSR count). The van der Waals surface area contributed by atoms with Gasteiger partial charge in [-0.1, -0.05) is 54.1 Å². The summed E-state index contributed by atoms with van der Waals surface area (Å²) in [7, 11) is 1.48. The van der Waals surface area contributed by atoms with Gasteiger partial charge in [0.25, 0.3) is 5.91 Å². The zero-order valence-corrected chi connectivity index (χ0v) is 21.4. The molecule has 0 spiro atoms. The van der Waals surface area contributed by atoms with Gasteiger partial charge in [0.2, 0.25) is 5.91 Å². The van der Waals surface area contributed by atoms with Crippen molar-refractivity contribution in [2.24, 2.45) is 0 Å². The molecule has 1 aliphatic rings. The van der Waals surface area contributed by atoms with Crippen molar-refractivity contribution in [1.82, 2.24) is 10.2 Å². The molecule has 1 saturated heterocycles. The number of amides is 4. The predicted molar refractivity (Wildman–Crippen MR) is 140 cm³/mol. The van der Waals surface area contributed by atoms with Gasteiger partial charge in [-0.2, -0.15) is 0 Å². The number of para-hydroxylation sites is 2. The molecule has 1 heterocycles.